The molecule has 0 bridgehead atoms. The fraction of sp³-hybridized carbons (Fsp3) is 0.929. The Morgan fingerprint density at radius 2 is 1.72 bits per heavy atom. The summed E-state index contributed by atoms with van der Waals surface area (Å²) in [4.78, 5) is 0. The molecule has 3 saturated carbocycles. The van der Waals surface area contributed by atoms with Crippen LogP contribution in [0.5, 0.6) is 0 Å². The van der Waals surface area contributed by atoms with Crippen LogP contribution in [0.3, 0.4) is 0 Å². The summed E-state index contributed by atoms with van der Waals surface area (Å²) in [6.07, 6.45) is 15.7. The largest absolute Gasteiger partial charge is 0.393 e. The van der Waals surface area contributed by atoms with Crippen molar-refractivity contribution < 1.29 is 5.11 Å². The quantitative estimate of drug-likeness (QED) is 0.470. The molecule has 4 aliphatic carbocycles. The van der Waals surface area contributed by atoms with Crippen molar-refractivity contribution in [2.45, 2.75) is 112 Å². The van der Waals surface area contributed by atoms with E-state index >= 15 is 0 Å². The molecule has 1 N–H and O–H groups in total. The highest BCUT2D eigenvalue weighted by atomic mass is 16.3. The Kier molecular flexibility index (Phi) is 6.04. The molecule has 1 nitrogen and oxygen atoms in total. The first-order chi connectivity index (χ1) is 13.7. The highest BCUT2D eigenvalue weighted by Crippen LogP contribution is 2.67. The zero-order chi connectivity index (χ0) is 21.0. The van der Waals surface area contributed by atoms with E-state index in [0.717, 1.165) is 54.3 Å². The van der Waals surface area contributed by atoms with Crippen LogP contribution in [0, 0.1) is 52.3 Å². The Hall–Kier alpha value is -0.300. The maximum atomic E-state index is 10.2. The van der Waals surface area contributed by atoms with Gasteiger partial charge in [0.1, 0.15) is 0 Å². The number of rotatable bonds is 5. The number of fused-ring (bicyclic) bond motifs is 5. The van der Waals surface area contributed by atoms with Gasteiger partial charge in [-0.1, -0.05) is 66.0 Å². The lowest BCUT2D eigenvalue weighted by Gasteiger charge is -2.58. The van der Waals surface area contributed by atoms with Crippen LogP contribution in [0.15, 0.2) is 11.6 Å². The highest BCUT2D eigenvalue weighted by molar-refractivity contribution is 5.25. The SMILES string of the molecule is CC(C)[C@H](C)CC[C@@H](C)[C@H]1CC[C@@H]2[C@@H]3CC=C4C[C@@H](O)CC[C@]4(C)[C@@H]3CC[C@]21C. The monoisotopic (exact) mass is 400 g/mol. The van der Waals surface area contributed by atoms with E-state index in [1.165, 1.54) is 51.4 Å². The average Bonchev–Trinajstić information content (AvgIpc) is 3.03. The van der Waals surface area contributed by atoms with Gasteiger partial charge < -0.3 is 5.11 Å². The fourth-order valence-corrected chi connectivity index (χ4v) is 8.68. The Bertz CT molecular complexity index is 620. The van der Waals surface area contributed by atoms with Crippen molar-refractivity contribution in [1.82, 2.24) is 0 Å². The average molecular weight is 401 g/mol. The second-order valence-corrected chi connectivity index (χ2v) is 12.7. The molecule has 0 saturated heterocycles. The van der Waals surface area contributed by atoms with Gasteiger partial charge >= 0.3 is 0 Å². The van der Waals surface area contributed by atoms with Gasteiger partial charge in [-0.15, -0.1) is 0 Å². The summed E-state index contributed by atoms with van der Waals surface area (Å²) in [5.41, 5.74) is 2.59. The Morgan fingerprint density at radius 1 is 0.966 bits per heavy atom. The Morgan fingerprint density at radius 3 is 2.45 bits per heavy atom. The molecular weight excluding hydrogens is 352 g/mol. The third kappa shape index (κ3) is 3.66. The van der Waals surface area contributed by atoms with Gasteiger partial charge in [-0.05, 0) is 104 Å². The molecule has 3 fully saturated rings. The number of hydrogen-bond donors (Lipinski definition) is 1. The van der Waals surface area contributed by atoms with Crippen LogP contribution in [-0.2, 0) is 0 Å². The molecule has 0 unspecified atom stereocenters. The van der Waals surface area contributed by atoms with Crippen molar-refractivity contribution >= 4 is 0 Å². The van der Waals surface area contributed by atoms with E-state index in [1.807, 2.05) is 0 Å². The maximum Gasteiger partial charge on any atom is 0.0577 e. The molecule has 0 aromatic heterocycles. The van der Waals surface area contributed by atoms with Crippen LogP contribution in [0.4, 0.5) is 0 Å². The van der Waals surface area contributed by atoms with Crippen LogP contribution < -0.4 is 0 Å². The topological polar surface area (TPSA) is 20.2 Å². The first-order valence-corrected chi connectivity index (χ1v) is 13.0. The summed E-state index contributed by atoms with van der Waals surface area (Å²) < 4.78 is 0. The molecule has 0 amide bonds. The van der Waals surface area contributed by atoms with E-state index in [4.69, 9.17) is 0 Å². The smallest absolute Gasteiger partial charge is 0.0577 e. The van der Waals surface area contributed by atoms with E-state index in [1.54, 1.807) is 5.57 Å². The molecule has 0 aromatic rings. The molecule has 1 heteroatoms. The molecule has 9 atom stereocenters. The molecule has 0 spiro atoms. The van der Waals surface area contributed by atoms with E-state index in [0.29, 0.717) is 10.8 Å². The Labute approximate surface area is 181 Å². The van der Waals surface area contributed by atoms with Crippen molar-refractivity contribution in [1.29, 1.82) is 0 Å². The third-order valence-electron chi connectivity index (χ3n) is 11.1. The van der Waals surface area contributed by atoms with E-state index in [2.05, 4.69) is 47.6 Å². The van der Waals surface area contributed by atoms with E-state index in [9.17, 15) is 5.11 Å². The van der Waals surface area contributed by atoms with Gasteiger partial charge in [0, 0.05) is 0 Å². The predicted octanol–water partition coefficient (Wildman–Crippen LogP) is 7.63. The van der Waals surface area contributed by atoms with Crippen LogP contribution in [0.2, 0.25) is 0 Å². The molecule has 4 rings (SSSR count). The minimum Gasteiger partial charge on any atom is -0.393 e. The van der Waals surface area contributed by atoms with Gasteiger partial charge in [0.2, 0.25) is 0 Å². The summed E-state index contributed by atoms with van der Waals surface area (Å²) in [7, 11) is 0. The summed E-state index contributed by atoms with van der Waals surface area (Å²) in [5, 5.41) is 10.2. The minimum absolute atomic E-state index is 0.0790. The molecular formula is C28H48O. The molecule has 0 radical (unpaired) electrons. The normalized spacial score (nSPS) is 46.5. The molecule has 0 aromatic carbocycles. The molecule has 4 aliphatic rings. The minimum atomic E-state index is -0.0790. The maximum absolute atomic E-state index is 10.2. The lowest BCUT2D eigenvalue weighted by Crippen LogP contribution is -2.50. The highest BCUT2D eigenvalue weighted by Gasteiger charge is 2.59. The van der Waals surface area contributed by atoms with Crippen molar-refractivity contribution in [2.24, 2.45) is 52.3 Å². The second-order valence-electron chi connectivity index (χ2n) is 12.7. The number of aliphatic hydroxyl groups excluding tert-OH is 1. The van der Waals surface area contributed by atoms with Gasteiger partial charge in [-0.25, -0.2) is 0 Å². The van der Waals surface area contributed by atoms with Crippen molar-refractivity contribution in [2.75, 3.05) is 0 Å². The third-order valence-corrected chi connectivity index (χ3v) is 11.1. The Balaban J connectivity index is 1.49. The second kappa shape index (κ2) is 7.99. The first-order valence-electron chi connectivity index (χ1n) is 13.0. The lowest BCUT2D eigenvalue weighted by atomic mass is 9.47. The van der Waals surface area contributed by atoms with E-state index in [-0.39, 0.29) is 6.10 Å². The predicted molar refractivity (Wildman–Crippen MR) is 124 cm³/mol. The molecule has 0 heterocycles. The summed E-state index contributed by atoms with van der Waals surface area (Å²) in [6.45, 7) is 15.1. The van der Waals surface area contributed by atoms with Gasteiger partial charge in [-0.2, -0.15) is 0 Å². The van der Waals surface area contributed by atoms with Crippen LogP contribution in [-0.4, -0.2) is 11.2 Å². The van der Waals surface area contributed by atoms with Gasteiger partial charge in [0.25, 0.3) is 0 Å². The lowest BCUT2D eigenvalue weighted by molar-refractivity contribution is -0.0574. The molecule has 166 valence electrons. The fourth-order valence-electron chi connectivity index (χ4n) is 8.68. The van der Waals surface area contributed by atoms with Gasteiger partial charge in [0.05, 0.1) is 6.10 Å². The number of hydrogen-bond acceptors (Lipinski definition) is 1. The van der Waals surface area contributed by atoms with Crippen LogP contribution >= 0.6 is 0 Å². The zero-order valence-electron chi connectivity index (χ0n) is 20.2. The van der Waals surface area contributed by atoms with Gasteiger partial charge in [-0.3, -0.25) is 0 Å². The summed E-state index contributed by atoms with van der Waals surface area (Å²) >= 11 is 0. The van der Waals surface area contributed by atoms with Crippen molar-refractivity contribution in [3.63, 3.8) is 0 Å². The number of aliphatic hydroxyl groups is 1. The number of allylic oxidation sites excluding steroid dienone is 1. The molecule has 29 heavy (non-hydrogen) atoms. The summed E-state index contributed by atoms with van der Waals surface area (Å²) in [5.74, 6) is 6.24. The van der Waals surface area contributed by atoms with Crippen LogP contribution in [0.25, 0.3) is 0 Å². The van der Waals surface area contributed by atoms with Crippen molar-refractivity contribution in [3.05, 3.63) is 11.6 Å². The molecule has 0 aliphatic heterocycles. The zero-order valence-corrected chi connectivity index (χ0v) is 20.2. The first kappa shape index (κ1) is 21.9. The van der Waals surface area contributed by atoms with Gasteiger partial charge in [0.15, 0.2) is 0 Å². The summed E-state index contributed by atoms with van der Waals surface area (Å²) in [6, 6.07) is 0. The standard InChI is InChI=1S/C28H48O/c1-18(2)19(3)7-8-20(4)24-11-12-25-23-10-9-21-17-22(29)13-15-27(21,5)26(23)14-16-28(24,25)6/h9,18-20,22-26,29H,7-8,10-17H2,1-6H3/t19-,20-,22+,23+,24-,25-,26-,27+,28+/m1/s1. The van der Waals surface area contributed by atoms with E-state index < -0.39 is 0 Å². The van der Waals surface area contributed by atoms with Crippen LogP contribution in [0.1, 0.15) is 106 Å². The van der Waals surface area contributed by atoms with Crippen molar-refractivity contribution in [3.8, 4) is 0 Å².